The van der Waals surface area contributed by atoms with Crippen LogP contribution in [0.4, 0.5) is 0 Å². The lowest BCUT2D eigenvalue weighted by Crippen LogP contribution is -2.46. The van der Waals surface area contributed by atoms with Gasteiger partial charge in [0, 0.05) is 23.1 Å². The summed E-state index contributed by atoms with van der Waals surface area (Å²) < 4.78 is 10.9. The standard InChI is InChI=1S/C20H26O5/c1-6-11(2)17(21)24-15-7-12(3)19(5)10-16-13(4)18(22)25-20(16,23)9-14(19)8-15/h6,9,12,15,23H,7-8,10H2,1-5H3/t12-,15+,19+,20+/m0/s1. The Morgan fingerprint density at radius 2 is 2.16 bits per heavy atom. The maximum atomic E-state index is 12.1. The molecule has 1 fully saturated rings. The summed E-state index contributed by atoms with van der Waals surface area (Å²) in [4.78, 5) is 24.0. The number of allylic oxidation sites excluding steroid dienone is 1. The Kier molecular flexibility index (Phi) is 4.18. The summed E-state index contributed by atoms with van der Waals surface area (Å²) in [5.74, 6) is -2.16. The molecule has 0 aromatic heterocycles. The predicted octanol–water partition coefficient (Wildman–Crippen LogP) is 3.19. The van der Waals surface area contributed by atoms with Gasteiger partial charge >= 0.3 is 11.9 Å². The normalized spacial score (nSPS) is 37.9. The van der Waals surface area contributed by atoms with E-state index in [2.05, 4.69) is 13.8 Å². The van der Waals surface area contributed by atoms with Gasteiger partial charge in [0.25, 0.3) is 5.79 Å². The van der Waals surface area contributed by atoms with Gasteiger partial charge < -0.3 is 14.6 Å². The van der Waals surface area contributed by atoms with E-state index in [9.17, 15) is 14.7 Å². The highest BCUT2D eigenvalue weighted by molar-refractivity contribution is 5.92. The first-order valence-corrected chi connectivity index (χ1v) is 8.82. The van der Waals surface area contributed by atoms with E-state index < -0.39 is 11.8 Å². The summed E-state index contributed by atoms with van der Waals surface area (Å²) in [6.45, 7) is 9.53. The first-order chi connectivity index (χ1) is 11.6. The van der Waals surface area contributed by atoms with Crippen molar-refractivity contribution in [3.63, 3.8) is 0 Å². The second-order valence-electron chi connectivity index (χ2n) is 7.79. The van der Waals surface area contributed by atoms with Gasteiger partial charge in [-0.05, 0) is 51.0 Å². The second-order valence-corrected chi connectivity index (χ2v) is 7.79. The number of hydrogen-bond donors (Lipinski definition) is 1. The largest absolute Gasteiger partial charge is 0.459 e. The van der Waals surface area contributed by atoms with Crippen molar-refractivity contribution in [3.05, 3.63) is 34.4 Å². The smallest absolute Gasteiger partial charge is 0.336 e. The van der Waals surface area contributed by atoms with Crippen molar-refractivity contribution in [2.45, 2.75) is 65.8 Å². The Morgan fingerprint density at radius 1 is 1.48 bits per heavy atom. The van der Waals surface area contributed by atoms with Crippen molar-refractivity contribution in [3.8, 4) is 0 Å². The molecule has 1 N–H and O–H groups in total. The fourth-order valence-electron chi connectivity index (χ4n) is 4.15. The van der Waals surface area contributed by atoms with E-state index in [-0.39, 0.29) is 23.4 Å². The predicted molar refractivity (Wildman–Crippen MR) is 92.3 cm³/mol. The Bertz CT molecular complexity index is 728. The highest BCUT2D eigenvalue weighted by Gasteiger charge is 2.54. The van der Waals surface area contributed by atoms with Gasteiger partial charge in [-0.3, -0.25) is 0 Å². The van der Waals surface area contributed by atoms with E-state index in [1.54, 1.807) is 32.9 Å². The molecule has 0 bridgehead atoms. The minimum Gasteiger partial charge on any atom is -0.459 e. The van der Waals surface area contributed by atoms with Crippen LogP contribution in [0.5, 0.6) is 0 Å². The lowest BCUT2D eigenvalue weighted by atomic mass is 9.58. The maximum absolute atomic E-state index is 12.1. The molecule has 5 heteroatoms. The molecule has 4 atom stereocenters. The van der Waals surface area contributed by atoms with Gasteiger partial charge in [-0.1, -0.05) is 25.5 Å². The minimum atomic E-state index is -1.64. The van der Waals surface area contributed by atoms with E-state index in [0.717, 1.165) is 12.0 Å². The van der Waals surface area contributed by atoms with Crippen LogP contribution in [-0.2, 0) is 19.1 Å². The number of carbonyl (C=O) groups excluding carboxylic acids is 2. The molecule has 1 heterocycles. The highest BCUT2D eigenvalue weighted by atomic mass is 16.7. The van der Waals surface area contributed by atoms with Gasteiger partial charge in [0.1, 0.15) is 6.10 Å². The van der Waals surface area contributed by atoms with Gasteiger partial charge in [-0.2, -0.15) is 0 Å². The summed E-state index contributed by atoms with van der Waals surface area (Å²) in [5.41, 5.74) is 2.58. The van der Waals surface area contributed by atoms with Crippen LogP contribution in [0.15, 0.2) is 34.4 Å². The number of carbonyl (C=O) groups is 2. The average molecular weight is 346 g/mol. The first kappa shape index (κ1) is 17.9. The SMILES string of the molecule is CC=C(C)C(=O)O[C@H]1CC2=C[C@@]3(O)OC(=O)C(C)=C3C[C@]2(C)[C@@H](C)C1. The van der Waals surface area contributed by atoms with Crippen molar-refractivity contribution < 1.29 is 24.2 Å². The van der Waals surface area contributed by atoms with Gasteiger partial charge in [0.05, 0.1) is 0 Å². The van der Waals surface area contributed by atoms with Crippen LogP contribution >= 0.6 is 0 Å². The third-order valence-electron chi connectivity index (χ3n) is 6.27. The van der Waals surface area contributed by atoms with E-state index >= 15 is 0 Å². The number of aliphatic hydroxyl groups is 1. The molecule has 2 aliphatic carbocycles. The molecule has 25 heavy (non-hydrogen) atoms. The van der Waals surface area contributed by atoms with E-state index in [1.165, 1.54) is 0 Å². The van der Waals surface area contributed by atoms with Crippen LogP contribution < -0.4 is 0 Å². The van der Waals surface area contributed by atoms with Crippen LogP contribution in [0.2, 0.25) is 0 Å². The molecule has 0 aromatic carbocycles. The molecule has 3 rings (SSSR count). The molecule has 0 unspecified atom stereocenters. The second kappa shape index (κ2) is 5.84. The Labute approximate surface area is 148 Å². The molecule has 0 aromatic rings. The average Bonchev–Trinajstić information content (AvgIpc) is 2.75. The van der Waals surface area contributed by atoms with Crippen LogP contribution in [0.1, 0.15) is 53.9 Å². The van der Waals surface area contributed by atoms with Crippen molar-refractivity contribution in [1.29, 1.82) is 0 Å². The fraction of sp³-hybridized carbons (Fsp3) is 0.600. The number of fused-ring (bicyclic) bond motifs is 2. The third-order valence-corrected chi connectivity index (χ3v) is 6.27. The van der Waals surface area contributed by atoms with Gasteiger partial charge in [-0.15, -0.1) is 0 Å². The molecule has 0 saturated heterocycles. The first-order valence-electron chi connectivity index (χ1n) is 8.82. The van der Waals surface area contributed by atoms with Gasteiger partial charge in [-0.25, -0.2) is 9.59 Å². The van der Waals surface area contributed by atoms with Crippen molar-refractivity contribution >= 4 is 11.9 Å². The summed E-state index contributed by atoms with van der Waals surface area (Å²) in [6.07, 6.45) is 5.07. The number of ether oxygens (including phenoxy) is 2. The zero-order valence-corrected chi connectivity index (χ0v) is 15.5. The summed E-state index contributed by atoms with van der Waals surface area (Å²) in [7, 11) is 0. The minimum absolute atomic E-state index is 0.171. The van der Waals surface area contributed by atoms with Crippen molar-refractivity contribution in [1.82, 2.24) is 0 Å². The molecule has 0 amide bonds. The molecule has 5 nitrogen and oxygen atoms in total. The molecule has 1 aliphatic heterocycles. The van der Waals surface area contributed by atoms with Crippen LogP contribution in [0.25, 0.3) is 0 Å². The van der Waals surface area contributed by atoms with Crippen molar-refractivity contribution in [2.75, 3.05) is 0 Å². The topological polar surface area (TPSA) is 72.8 Å². The molecule has 0 radical (unpaired) electrons. The summed E-state index contributed by atoms with van der Waals surface area (Å²) in [6, 6.07) is 0. The number of hydrogen-bond acceptors (Lipinski definition) is 5. The molecular formula is C20H26O5. The maximum Gasteiger partial charge on any atom is 0.336 e. The van der Waals surface area contributed by atoms with E-state index in [4.69, 9.17) is 9.47 Å². The zero-order chi connectivity index (χ0) is 18.6. The number of rotatable bonds is 2. The third kappa shape index (κ3) is 2.74. The zero-order valence-electron chi connectivity index (χ0n) is 15.5. The molecular weight excluding hydrogens is 320 g/mol. The lowest BCUT2D eigenvalue weighted by Gasteiger charge is -2.49. The Balaban J connectivity index is 1.91. The lowest BCUT2D eigenvalue weighted by molar-refractivity contribution is -0.170. The van der Waals surface area contributed by atoms with Crippen LogP contribution in [-0.4, -0.2) is 28.9 Å². The molecule has 136 valence electrons. The monoisotopic (exact) mass is 346 g/mol. The Morgan fingerprint density at radius 3 is 2.80 bits per heavy atom. The van der Waals surface area contributed by atoms with Crippen LogP contribution in [0, 0.1) is 11.3 Å². The molecule has 0 spiro atoms. The Hall–Kier alpha value is -1.88. The van der Waals surface area contributed by atoms with Gasteiger partial charge in [0.15, 0.2) is 0 Å². The summed E-state index contributed by atoms with van der Waals surface area (Å²) >= 11 is 0. The van der Waals surface area contributed by atoms with Crippen molar-refractivity contribution in [2.24, 2.45) is 11.3 Å². The quantitative estimate of drug-likeness (QED) is 0.472. The molecule has 1 saturated carbocycles. The van der Waals surface area contributed by atoms with Gasteiger partial charge in [0.2, 0.25) is 0 Å². The van der Waals surface area contributed by atoms with E-state index in [1.807, 2.05) is 0 Å². The summed E-state index contributed by atoms with van der Waals surface area (Å²) in [5, 5.41) is 10.8. The molecule has 3 aliphatic rings. The fourth-order valence-corrected chi connectivity index (χ4v) is 4.15. The number of esters is 2. The highest BCUT2D eigenvalue weighted by Crippen LogP contribution is 2.56. The van der Waals surface area contributed by atoms with Crippen LogP contribution in [0.3, 0.4) is 0 Å². The van der Waals surface area contributed by atoms with E-state index in [0.29, 0.717) is 29.6 Å².